The van der Waals surface area contributed by atoms with Gasteiger partial charge in [0.2, 0.25) is 0 Å². The summed E-state index contributed by atoms with van der Waals surface area (Å²) < 4.78 is 40.9. The average Bonchev–Trinajstić information content (AvgIpc) is 3.18. The van der Waals surface area contributed by atoms with Crippen molar-refractivity contribution in [1.29, 1.82) is 0 Å². The van der Waals surface area contributed by atoms with Crippen LogP contribution in [-0.2, 0) is 16.6 Å². The Bertz CT molecular complexity index is 915. The second-order valence-corrected chi connectivity index (χ2v) is 6.91. The molecule has 3 rings (SSSR count). The van der Waals surface area contributed by atoms with Gasteiger partial charge in [0.1, 0.15) is 10.7 Å². The first-order valence-electron chi connectivity index (χ1n) is 7.03. The molecule has 2 N–H and O–H groups in total. The van der Waals surface area contributed by atoms with Crippen LogP contribution in [0.1, 0.15) is 5.56 Å². The number of aromatic nitrogens is 2. The van der Waals surface area contributed by atoms with Crippen LogP contribution in [0.4, 0.5) is 4.39 Å². The van der Waals surface area contributed by atoms with Gasteiger partial charge in [-0.3, -0.25) is 0 Å². The van der Waals surface area contributed by atoms with E-state index in [9.17, 15) is 12.8 Å². The van der Waals surface area contributed by atoms with Crippen molar-refractivity contribution in [2.75, 3.05) is 7.05 Å². The third-order valence-electron chi connectivity index (χ3n) is 3.50. The SMILES string of the molecule is CNCc1cc(-c2ccccc2F)n(S(=O)(=O)c2cc[nH]c2)c1. The third-order valence-corrected chi connectivity index (χ3v) is 5.17. The summed E-state index contributed by atoms with van der Waals surface area (Å²) in [5.74, 6) is -0.466. The summed E-state index contributed by atoms with van der Waals surface area (Å²) in [5, 5.41) is 2.97. The van der Waals surface area contributed by atoms with Crippen LogP contribution >= 0.6 is 0 Å². The summed E-state index contributed by atoms with van der Waals surface area (Å²) in [7, 11) is -2.03. The quantitative estimate of drug-likeness (QED) is 0.754. The fourth-order valence-electron chi connectivity index (χ4n) is 2.44. The molecule has 2 aromatic heterocycles. The van der Waals surface area contributed by atoms with Gasteiger partial charge in [-0.25, -0.2) is 16.8 Å². The molecule has 7 heteroatoms. The van der Waals surface area contributed by atoms with Crippen molar-refractivity contribution in [2.45, 2.75) is 11.4 Å². The first-order valence-corrected chi connectivity index (χ1v) is 8.47. The number of rotatable bonds is 5. The standard InChI is InChI=1S/C16H16FN3O2S/c1-18-9-12-8-16(14-4-2-3-5-15(14)17)20(11-12)23(21,22)13-6-7-19-10-13/h2-8,10-11,18-19H,9H2,1H3. The monoisotopic (exact) mass is 333 g/mol. The van der Waals surface area contributed by atoms with Crippen LogP contribution < -0.4 is 5.32 Å². The van der Waals surface area contributed by atoms with Crippen molar-refractivity contribution in [3.8, 4) is 11.3 Å². The van der Waals surface area contributed by atoms with Crippen molar-refractivity contribution in [2.24, 2.45) is 0 Å². The summed E-state index contributed by atoms with van der Waals surface area (Å²) in [5.41, 5.74) is 1.30. The molecule has 0 saturated heterocycles. The van der Waals surface area contributed by atoms with Crippen LogP contribution in [0.3, 0.4) is 0 Å². The highest BCUT2D eigenvalue weighted by Gasteiger charge is 2.23. The molecule has 0 aliphatic carbocycles. The number of nitrogens with one attached hydrogen (secondary N) is 2. The fraction of sp³-hybridized carbons (Fsp3) is 0.125. The predicted octanol–water partition coefficient (Wildman–Crippen LogP) is 2.58. The van der Waals surface area contributed by atoms with E-state index >= 15 is 0 Å². The van der Waals surface area contributed by atoms with Crippen molar-refractivity contribution in [3.05, 3.63) is 66.4 Å². The molecule has 120 valence electrons. The van der Waals surface area contributed by atoms with Crippen LogP contribution in [0.15, 0.2) is 59.9 Å². The van der Waals surface area contributed by atoms with Gasteiger partial charge in [-0.05, 0) is 36.9 Å². The molecule has 23 heavy (non-hydrogen) atoms. The van der Waals surface area contributed by atoms with Crippen molar-refractivity contribution in [3.63, 3.8) is 0 Å². The number of aromatic amines is 1. The minimum atomic E-state index is -3.80. The second-order valence-electron chi connectivity index (χ2n) is 5.09. The van der Waals surface area contributed by atoms with Gasteiger partial charge in [-0.15, -0.1) is 0 Å². The summed E-state index contributed by atoms with van der Waals surface area (Å²) in [6.07, 6.45) is 4.45. The molecule has 0 unspecified atom stereocenters. The molecule has 0 amide bonds. The highest BCUT2D eigenvalue weighted by molar-refractivity contribution is 7.90. The summed E-state index contributed by atoms with van der Waals surface area (Å²) in [6, 6.07) is 9.28. The maximum Gasteiger partial charge on any atom is 0.269 e. The molecular weight excluding hydrogens is 317 g/mol. The van der Waals surface area contributed by atoms with Gasteiger partial charge >= 0.3 is 0 Å². The largest absolute Gasteiger partial charge is 0.366 e. The van der Waals surface area contributed by atoms with E-state index in [0.29, 0.717) is 12.2 Å². The van der Waals surface area contributed by atoms with Gasteiger partial charge < -0.3 is 10.3 Å². The number of halogens is 1. The summed E-state index contributed by atoms with van der Waals surface area (Å²) >= 11 is 0. The van der Waals surface area contributed by atoms with E-state index < -0.39 is 15.8 Å². The number of benzene rings is 1. The molecule has 3 aromatic rings. The molecule has 2 heterocycles. The normalized spacial score (nSPS) is 11.7. The smallest absolute Gasteiger partial charge is 0.269 e. The van der Waals surface area contributed by atoms with Gasteiger partial charge in [0.15, 0.2) is 0 Å². The van der Waals surface area contributed by atoms with Gasteiger partial charge in [-0.2, -0.15) is 0 Å². The topological polar surface area (TPSA) is 66.9 Å². The van der Waals surface area contributed by atoms with E-state index in [4.69, 9.17) is 0 Å². The van der Waals surface area contributed by atoms with Gasteiger partial charge in [-0.1, -0.05) is 12.1 Å². The van der Waals surface area contributed by atoms with E-state index in [-0.39, 0.29) is 10.5 Å². The zero-order valence-corrected chi connectivity index (χ0v) is 13.3. The Morgan fingerprint density at radius 2 is 2.04 bits per heavy atom. The molecule has 0 aliphatic heterocycles. The lowest BCUT2D eigenvalue weighted by Crippen LogP contribution is -2.13. The predicted molar refractivity (Wildman–Crippen MR) is 86.0 cm³/mol. The van der Waals surface area contributed by atoms with Gasteiger partial charge in [0, 0.05) is 30.7 Å². The van der Waals surface area contributed by atoms with E-state index in [1.165, 1.54) is 30.7 Å². The fourth-order valence-corrected chi connectivity index (χ4v) is 3.81. The average molecular weight is 333 g/mol. The molecule has 1 aromatic carbocycles. The lowest BCUT2D eigenvalue weighted by molar-refractivity contribution is 0.587. The summed E-state index contributed by atoms with van der Waals surface area (Å²) in [4.78, 5) is 2.86. The molecule has 0 atom stereocenters. The summed E-state index contributed by atoms with van der Waals surface area (Å²) in [6.45, 7) is 0.483. The highest BCUT2D eigenvalue weighted by atomic mass is 32.2. The lowest BCUT2D eigenvalue weighted by atomic mass is 10.1. The number of hydrogen-bond donors (Lipinski definition) is 2. The molecule has 0 fully saturated rings. The first-order chi connectivity index (χ1) is 11.0. The molecular formula is C16H16FN3O2S. The minimum Gasteiger partial charge on any atom is -0.366 e. The molecule has 0 aliphatic rings. The van der Waals surface area contributed by atoms with Crippen LogP contribution in [0.5, 0.6) is 0 Å². The van der Waals surface area contributed by atoms with Crippen molar-refractivity contribution in [1.82, 2.24) is 14.3 Å². The zero-order valence-electron chi connectivity index (χ0n) is 12.5. The molecule has 0 saturated carbocycles. The first kappa shape index (κ1) is 15.5. The van der Waals surface area contributed by atoms with Crippen molar-refractivity contribution >= 4 is 10.0 Å². The van der Waals surface area contributed by atoms with Crippen LogP contribution in [0.2, 0.25) is 0 Å². The Balaban J connectivity index is 2.22. The Labute approximate surface area is 133 Å². The lowest BCUT2D eigenvalue weighted by Gasteiger charge is -2.10. The number of nitrogens with zero attached hydrogens (tertiary/aromatic N) is 1. The number of H-pyrrole nitrogens is 1. The van der Waals surface area contributed by atoms with Crippen LogP contribution in [-0.4, -0.2) is 24.4 Å². The molecule has 0 bridgehead atoms. The number of hydrogen-bond acceptors (Lipinski definition) is 3. The zero-order chi connectivity index (χ0) is 16.4. The Hall–Kier alpha value is -2.38. The Morgan fingerprint density at radius 3 is 2.70 bits per heavy atom. The van der Waals surface area contributed by atoms with Crippen molar-refractivity contribution < 1.29 is 12.8 Å². The maximum atomic E-state index is 14.2. The third kappa shape index (κ3) is 2.80. The minimum absolute atomic E-state index is 0.127. The van der Waals surface area contributed by atoms with E-state index in [1.54, 1.807) is 31.3 Å². The Kier molecular flexibility index (Phi) is 4.06. The van der Waals surface area contributed by atoms with E-state index in [0.717, 1.165) is 9.54 Å². The van der Waals surface area contributed by atoms with Crippen LogP contribution in [0, 0.1) is 5.82 Å². The molecule has 0 radical (unpaired) electrons. The van der Waals surface area contributed by atoms with Crippen LogP contribution in [0.25, 0.3) is 11.3 Å². The van der Waals surface area contributed by atoms with E-state index in [1.807, 2.05) is 0 Å². The van der Waals surface area contributed by atoms with Gasteiger partial charge in [0.25, 0.3) is 10.0 Å². The van der Waals surface area contributed by atoms with Gasteiger partial charge in [0.05, 0.1) is 5.69 Å². The maximum absolute atomic E-state index is 14.2. The van der Waals surface area contributed by atoms with E-state index in [2.05, 4.69) is 10.3 Å². The Morgan fingerprint density at radius 1 is 1.26 bits per heavy atom. The molecule has 5 nitrogen and oxygen atoms in total. The molecule has 0 spiro atoms. The second kappa shape index (κ2) is 6.02. The highest BCUT2D eigenvalue weighted by Crippen LogP contribution is 2.28.